The van der Waals surface area contributed by atoms with Crippen LogP contribution in [-0.2, 0) is 0 Å². The fourth-order valence-corrected chi connectivity index (χ4v) is 2.84. The number of hydrogen-bond donors (Lipinski definition) is 5. The van der Waals surface area contributed by atoms with Crippen molar-refractivity contribution in [1.82, 2.24) is 20.3 Å². The molecule has 1 fully saturated rings. The lowest BCUT2D eigenvalue weighted by atomic mass is 9.93. The highest BCUT2D eigenvalue weighted by molar-refractivity contribution is 5.98. The van der Waals surface area contributed by atoms with Crippen LogP contribution in [0.4, 0.5) is 17.3 Å². The van der Waals surface area contributed by atoms with E-state index < -0.39 is 5.91 Å². The van der Waals surface area contributed by atoms with E-state index in [2.05, 4.69) is 30.9 Å². The summed E-state index contributed by atoms with van der Waals surface area (Å²) < 4.78 is 0. The summed E-state index contributed by atoms with van der Waals surface area (Å²) >= 11 is 0. The van der Waals surface area contributed by atoms with Crippen LogP contribution in [0.15, 0.2) is 30.9 Å². The molecule has 3 rings (SSSR count). The van der Waals surface area contributed by atoms with Gasteiger partial charge in [-0.15, -0.1) is 0 Å². The van der Waals surface area contributed by atoms with Gasteiger partial charge < -0.3 is 26.8 Å². The van der Waals surface area contributed by atoms with Crippen molar-refractivity contribution < 1.29 is 9.90 Å². The van der Waals surface area contributed by atoms with Crippen molar-refractivity contribution in [2.24, 2.45) is 11.7 Å². The van der Waals surface area contributed by atoms with Crippen molar-refractivity contribution in [2.75, 3.05) is 30.3 Å². The summed E-state index contributed by atoms with van der Waals surface area (Å²) in [5.74, 6) is 0.555. The highest BCUT2D eigenvalue weighted by Crippen LogP contribution is 2.24. The third-order valence-electron chi connectivity index (χ3n) is 4.17. The molecule has 1 amide bonds. The molecule has 0 spiro atoms. The van der Waals surface area contributed by atoms with Gasteiger partial charge in [-0.1, -0.05) is 0 Å². The Hall–Kier alpha value is -2.78. The van der Waals surface area contributed by atoms with Gasteiger partial charge in [-0.2, -0.15) is 0 Å². The number of carbonyl (C=O) groups excluding carboxylic acids is 1. The second kappa shape index (κ2) is 7.86. The molecule has 132 valence electrons. The van der Waals surface area contributed by atoms with Crippen molar-refractivity contribution in [1.29, 1.82) is 0 Å². The first-order chi connectivity index (χ1) is 12.2. The molecule has 0 radical (unpaired) electrons. The minimum Gasteiger partial charge on any atom is -0.396 e. The molecule has 1 saturated heterocycles. The first kappa shape index (κ1) is 17.1. The van der Waals surface area contributed by atoms with E-state index in [-0.39, 0.29) is 18.6 Å². The lowest BCUT2D eigenvalue weighted by molar-refractivity contribution is 0.100. The smallest absolute Gasteiger partial charge is 0.252 e. The Morgan fingerprint density at radius 2 is 2.20 bits per heavy atom. The molecule has 25 heavy (non-hydrogen) atoms. The van der Waals surface area contributed by atoms with Gasteiger partial charge in [-0.25, -0.2) is 9.97 Å². The molecule has 6 N–H and O–H groups in total. The van der Waals surface area contributed by atoms with Crippen LogP contribution in [0, 0.1) is 5.92 Å². The molecule has 9 nitrogen and oxygen atoms in total. The van der Waals surface area contributed by atoms with Crippen molar-refractivity contribution in [3.8, 4) is 0 Å². The van der Waals surface area contributed by atoms with Crippen molar-refractivity contribution in [3.05, 3.63) is 36.4 Å². The van der Waals surface area contributed by atoms with Crippen LogP contribution < -0.4 is 21.7 Å². The van der Waals surface area contributed by atoms with E-state index in [0.29, 0.717) is 22.9 Å². The summed E-state index contributed by atoms with van der Waals surface area (Å²) in [6.07, 6.45) is 6.98. The third kappa shape index (κ3) is 4.20. The molecule has 0 aliphatic carbocycles. The topological polar surface area (TPSA) is 138 Å². The van der Waals surface area contributed by atoms with E-state index in [1.165, 1.54) is 6.20 Å². The Labute approximate surface area is 145 Å². The lowest BCUT2D eigenvalue weighted by Crippen LogP contribution is -2.45. The zero-order valence-electron chi connectivity index (χ0n) is 13.6. The molecular weight excluding hydrogens is 322 g/mol. The predicted octanol–water partition coefficient (Wildman–Crippen LogP) is 0.0964. The number of nitrogens with zero attached hydrogens (tertiary/aromatic N) is 3. The second-order valence-corrected chi connectivity index (χ2v) is 5.88. The van der Waals surface area contributed by atoms with Gasteiger partial charge in [0.1, 0.15) is 11.6 Å². The second-order valence-electron chi connectivity index (χ2n) is 5.88. The Morgan fingerprint density at radius 1 is 1.32 bits per heavy atom. The minimum atomic E-state index is -0.560. The molecular formula is C16H21N7O2. The molecule has 0 aromatic carbocycles. The number of aliphatic hydroxyl groups excluding tert-OH is 1. The Balaban J connectivity index is 1.84. The standard InChI is InChI=1S/C16H21N7O2/c17-16(25)11-7-21-14(23-15-8-19-3-4-20-15)5-13(11)22-12-1-2-18-6-10(12)9-24/h3-5,7-8,10,12,18,24H,1-2,6,9H2,(H2,17,25)(H2,20,21,22,23)/t10-,12-/m1/s1. The van der Waals surface area contributed by atoms with Crippen LogP contribution in [0.5, 0.6) is 0 Å². The van der Waals surface area contributed by atoms with Gasteiger partial charge in [0.05, 0.1) is 17.4 Å². The summed E-state index contributed by atoms with van der Waals surface area (Å²) in [4.78, 5) is 24.1. The van der Waals surface area contributed by atoms with E-state index >= 15 is 0 Å². The Bertz CT molecular complexity index is 726. The quantitative estimate of drug-likeness (QED) is 0.498. The number of anilines is 3. The fraction of sp³-hybridized carbons (Fsp3) is 0.375. The number of nitrogens with two attached hydrogens (primary N) is 1. The lowest BCUT2D eigenvalue weighted by Gasteiger charge is -2.32. The van der Waals surface area contributed by atoms with Crippen LogP contribution >= 0.6 is 0 Å². The zero-order valence-corrected chi connectivity index (χ0v) is 13.6. The van der Waals surface area contributed by atoms with Crippen molar-refractivity contribution >= 4 is 23.2 Å². The molecule has 0 unspecified atom stereocenters. The summed E-state index contributed by atoms with van der Waals surface area (Å²) in [6, 6.07) is 1.75. The highest BCUT2D eigenvalue weighted by atomic mass is 16.3. The summed E-state index contributed by atoms with van der Waals surface area (Å²) in [7, 11) is 0. The van der Waals surface area contributed by atoms with E-state index in [1.54, 1.807) is 24.7 Å². The number of pyridine rings is 1. The SMILES string of the molecule is NC(=O)c1cnc(Nc2cnccn2)cc1N[C@@H]1CCNC[C@@H]1CO. The third-order valence-corrected chi connectivity index (χ3v) is 4.17. The largest absolute Gasteiger partial charge is 0.396 e. The molecule has 2 aromatic heterocycles. The van der Waals surface area contributed by atoms with Crippen LogP contribution in [-0.4, -0.2) is 51.7 Å². The average Bonchev–Trinajstić information content (AvgIpc) is 2.63. The normalized spacial score (nSPS) is 20.0. The first-order valence-electron chi connectivity index (χ1n) is 8.08. The monoisotopic (exact) mass is 343 g/mol. The number of hydrogen-bond acceptors (Lipinski definition) is 8. The van der Waals surface area contributed by atoms with Gasteiger partial charge in [0.2, 0.25) is 0 Å². The number of primary amides is 1. The van der Waals surface area contributed by atoms with Crippen molar-refractivity contribution in [3.63, 3.8) is 0 Å². The maximum Gasteiger partial charge on any atom is 0.252 e. The maximum absolute atomic E-state index is 11.7. The van der Waals surface area contributed by atoms with Crippen molar-refractivity contribution in [2.45, 2.75) is 12.5 Å². The fourth-order valence-electron chi connectivity index (χ4n) is 2.84. The predicted molar refractivity (Wildman–Crippen MR) is 93.5 cm³/mol. The molecule has 1 aliphatic heterocycles. The minimum absolute atomic E-state index is 0.0381. The van der Waals surface area contributed by atoms with Gasteiger partial charge >= 0.3 is 0 Å². The van der Waals surface area contributed by atoms with Crippen LogP contribution in [0.2, 0.25) is 0 Å². The summed E-state index contributed by atoms with van der Waals surface area (Å²) in [6.45, 7) is 1.62. The van der Waals surface area contributed by atoms with E-state index in [9.17, 15) is 9.90 Å². The van der Waals surface area contributed by atoms with Gasteiger partial charge in [-0.3, -0.25) is 9.78 Å². The van der Waals surface area contributed by atoms with Crippen LogP contribution in [0.25, 0.3) is 0 Å². The Kier molecular flexibility index (Phi) is 5.36. The van der Waals surface area contributed by atoms with Gasteiger partial charge in [0.15, 0.2) is 0 Å². The number of nitrogens with one attached hydrogen (secondary N) is 3. The Morgan fingerprint density at radius 3 is 2.92 bits per heavy atom. The van der Waals surface area contributed by atoms with Gasteiger partial charge in [-0.05, 0) is 13.0 Å². The number of carbonyl (C=O) groups is 1. The number of aromatic nitrogens is 3. The molecule has 2 atom stereocenters. The van der Waals surface area contributed by atoms with Crippen LogP contribution in [0.3, 0.4) is 0 Å². The zero-order chi connectivity index (χ0) is 17.6. The van der Waals surface area contributed by atoms with E-state index in [1.807, 2.05) is 0 Å². The van der Waals surface area contributed by atoms with Gasteiger partial charge in [0.25, 0.3) is 5.91 Å². The molecule has 0 bridgehead atoms. The van der Waals surface area contributed by atoms with E-state index in [0.717, 1.165) is 19.5 Å². The van der Waals surface area contributed by atoms with E-state index in [4.69, 9.17) is 5.73 Å². The summed E-state index contributed by atoms with van der Waals surface area (Å²) in [5.41, 5.74) is 6.35. The average molecular weight is 343 g/mol. The highest BCUT2D eigenvalue weighted by Gasteiger charge is 2.25. The number of piperidine rings is 1. The molecule has 9 heteroatoms. The first-order valence-corrected chi connectivity index (χ1v) is 8.08. The van der Waals surface area contributed by atoms with Gasteiger partial charge in [0, 0.05) is 49.8 Å². The summed E-state index contributed by atoms with van der Waals surface area (Å²) in [5, 5.41) is 19.2. The number of rotatable bonds is 6. The van der Waals surface area contributed by atoms with Crippen LogP contribution in [0.1, 0.15) is 16.8 Å². The number of amides is 1. The molecule has 1 aliphatic rings. The number of aliphatic hydroxyl groups is 1. The molecule has 3 heterocycles. The molecule has 0 saturated carbocycles. The molecule has 2 aromatic rings. The maximum atomic E-state index is 11.7.